The summed E-state index contributed by atoms with van der Waals surface area (Å²) >= 11 is 0. The second-order valence-corrected chi connectivity index (χ2v) is 6.91. The van der Waals surface area contributed by atoms with Gasteiger partial charge in [-0.3, -0.25) is 9.69 Å². The Kier molecular flexibility index (Phi) is 5.52. The molecule has 1 saturated heterocycles. The average Bonchev–Trinajstić information content (AvgIpc) is 2.82. The summed E-state index contributed by atoms with van der Waals surface area (Å²) in [6.07, 6.45) is 11.6. The van der Waals surface area contributed by atoms with E-state index in [1.165, 1.54) is 18.5 Å². The summed E-state index contributed by atoms with van der Waals surface area (Å²) in [6.45, 7) is 3.00. The highest BCUT2D eigenvalue weighted by Crippen LogP contribution is 2.34. The van der Waals surface area contributed by atoms with E-state index < -0.39 is 0 Å². The van der Waals surface area contributed by atoms with Crippen LogP contribution in [0.4, 0.5) is 0 Å². The Morgan fingerprint density at radius 2 is 2.08 bits per heavy atom. The maximum Gasteiger partial charge on any atom is 0.250 e. The molecule has 2 bridgehead atoms. The van der Waals surface area contributed by atoms with Crippen molar-refractivity contribution < 1.29 is 4.79 Å². The molecule has 0 spiro atoms. The summed E-state index contributed by atoms with van der Waals surface area (Å²) in [5, 5.41) is 0. The number of hydrogen-bond donors (Lipinski definition) is 0. The highest BCUT2D eigenvalue weighted by molar-refractivity contribution is 5.93. The number of carbonyl (C=O) groups is 1. The minimum absolute atomic E-state index is 0.113. The van der Waals surface area contributed by atoms with Crippen molar-refractivity contribution in [2.24, 2.45) is 0 Å². The van der Waals surface area contributed by atoms with Gasteiger partial charge in [0.25, 0.3) is 5.91 Å². The van der Waals surface area contributed by atoms with Gasteiger partial charge in [0.2, 0.25) is 0 Å². The first-order valence-corrected chi connectivity index (χ1v) is 9.16. The molecule has 2 atom stereocenters. The van der Waals surface area contributed by atoms with Crippen LogP contribution in [0.25, 0.3) is 6.08 Å². The van der Waals surface area contributed by atoms with E-state index in [4.69, 9.17) is 0 Å². The molecular weight excluding hydrogens is 296 g/mol. The van der Waals surface area contributed by atoms with E-state index in [9.17, 15) is 4.79 Å². The Morgan fingerprint density at radius 1 is 1.29 bits per heavy atom. The standard InChI is InChI=1S/C21H28N2O/c1-3-4-14-23(20-15-18-11-12-19(16-20)22(18)2)21(24)13-10-17-8-6-5-7-9-17/h5-10,13,15,18-19H,3-4,11-12,14,16H2,1-2H3/b13-10+/t18-,19+/m1/s1. The second kappa shape index (κ2) is 7.80. The Balaban J connectivity index is 1.75. The highest BCUT2D eigenvalue weighted by atomic mass is 16.2. The average molecular weight is 324 g/mol. The zero-order valence-corrected chi connectivity index (χ0v) is 14.8. The zero-order chi connectivity index (χ0) is 16.9. The Labute approximate surface area is 145 Å². The van der Waals surface area contributed by atoms with E-state index >= 15 is 0 Å². The molecule has 1 amide bonds. The smallest absolute Gasteiger partial charge is 0.250 e. The molecule has 0 unspecified atom stereocenters. The molecule has 0 radical (unpaired) electrons. The predicted molar refractivity (Wildman–Crippen MR) is 99.4 cm³/mol. The molecule has 1 aromatic carbocycles. The van der Waals surface area contributed by atoms with Gasteiger partial charge in [0.15, 0.2) is 0 Å². The fourth-order valence-electron chi connectivity index (χ4n) is 3.75. The van der Waals surface area contributed by atoms with Crippen LogP contribution in [0.1, 0.15) is 44.6 Å². The van der Waals surface area contributed by atoms with Gasteiger partial charge >= 0.3 is 0 Å². The number of fused-ring (bicyclic) bond motifs is 2. The minimum atomic E-state index is 0.113. The van der Waals surface area contributed by atoms with Crippen LogP contribution >= 0.6 is 0 Å². The lowest BCUT2D eigenvalue weighted by atomic mass is 10.1. The molecule has 3 nitrogen and oxygen atoms in total. The van der Waals surface area contributed by atoms with E-state index in [-0.39, 0.29) is 5.91 Å². The first-order chi connectivity index (χ1) is 11.7. The number of nitrogens with zero attached hydrogens (tertiary/aromatic N) is 2. The molecule has 2 heterocycles. The van der Waals surface area contributed by atoms with Crippen molar-refractivity contribution in [3.8, 4) is 0 Å². The number of amides is 1. The van der Waals surface area contributed by atoms with Crippen molar-refractivity contribution in [3.63, 3.8) is 0 Å². The summed E-state index contributed by atoms with van der Waals surface area (Å²) in [7, 11) is 2.21. The lowest BCUT2D eigenvalue weighted by Gasteiger charge is -2.35. The number of hydrogen-bond acceptors (Lipinski definition) is 2. The molecule has 2 aliphatic rings. The molecule has 24 heavy (non-hydrogen) atoms. The van der Waals surface area contributed by atoms with Crippen LogP contribution in [-0.4, -0.2) is 41.4 Å². The number of benzene rings is 1. The molecule has 1 fully saturated rings. The Bertz CT molecular complexity index is 620. The van der Waals surface area contributed by atoms with E-state index in [0.29, 0.717) is 12.1 Å². The zero-order valence-electron chi connectivity index (χ0n) is 14.8. The fourth-order valence-corrected chi connectivity index (χ4v) is 3.75. The van der Waals surface area contributed by atoms with E-state index in [0.717, 1.165) is 31.4 Å². The van der Waals surface area contributed by atoms with Gasteiger partial charge in [-0.25, -0.2) is 0 Å². The van der Waals surface area contributed by atoms with E-state index in [1.807, 2.05) is 41.3 Å². The van der Waals surface area contributed by atoms with Crippen molar-refractivity contribution in [2.75, 3.05) is 13.6 Å². The molecule has 0 aromatic heterocycles. The predicted octanol–water partition coefficient (Wildman–Crippen LogP) is 4.08. The molecule has 2 aliphatic heterocycles. The highest BCUT2D eigenvalue weighted by Gasteiger charge is 2.35. The topological polar surface area (TPSA) is 23.6 Å². The molecule has 128 valence electrons. The quantitative estimate of drug-likeness (QED) is 0.736. The molecule has 0 saturated carbocycles. The molecule has 3 heteroatoms. The van der Waals surface area contributed by atoms with Gasteiger partial charge in [-0.1, -0.05) is 43.7 Å². The summed E-state index contributed by atoms with van der Waals surface area (Å²) in [6, 6.07) is 11.1. The summed E-state index contributed by atoms with van der Waals surface area (Å²) < 4.78 is 0. The molecule has 3 rings (SSSR count). The van der Waals surface area contributed by atoms with Crippen molar-refractivity contribution in [3.05, 3.63) is 53.7 Å². The largest absolute Gasteiger partial charge is 0.313 e. The van der Waals surface area contributed by atoms with Crippen molar-refractivity contribution >= 4 is 12.0 Å². The molecular formula is C21H28N2O. The minimum Gasteiger partial charge on any atom is -0.313 e. The normalized spacial score (nSPS) is 23.5. The van der Waals surface area contributed by atoms with Crippen LogP contribution in [0, 0.1) is 0 Å². The van der Waals surface area contributed by atoms with Crippen molar-refractivity contribution in [2.45, 2.75) is 51.1 Å². The van der Waals surface area contributed by atoms with E-state index in [2.05, 4.69) is 24.9 Å². The first kappa shape index (κ1) is 17.0. The first-order valence-electron chi connectivity index (χ1n) is 9.16. The van der Waals surface area contributed by atoms with Crippen LogP contribution in [0.3, 0.4) is 0 Å². The van der Waals surface area contributed by atoms with E-state index in [1.54, 1.807) is 6.08 Å². The third kappa shape index (κ3) is 3.78. The van der Waals surface area contributed by atoms with Crippen LogP contribution in [0.5, 0.6) is 0 Å². The number of likely N-dealkylation sites (N-methyl/N-ethyl adjacent to an activating group) is 1. The molecule has 0 N–H and O–H groups in total. The summed E-state index contributed by atoms with van der Waals surface area (Å²) in [5.41, 5.74) is 2.30. The SMILES string of the molecule is CCCCN(C(=O)/C=C/c1ccccc1)C1=C[C@H]2CC[C@@H](C1)N2C. The molecule has 1 aromatic rings. The summed E-state index contributed by atoms with van der Waals surface area (Å²) in [5.74, 6) is 0.113. The van der Waals surface area contributed by atoms with Gasteiger partial charge in [-0.15, -0.1) is 0 Å². The maximum absolute atomic E-state index is 12.8. The second-order valence-electron chi connectivity index (χ2n) is 6.91. The van der Waals surface area contributed by atoms with Crippen LogP contribution < -0.4 is 0 Å². The lowest BCUT2D eigenvalue weighted by molar-refractivity contribution is -0.124. The molecule has 0 aliphatic carbocycles. The van der Waals surface area contributed by atoms with Crippen molar-refractivity contribution in [1.29, 1.82) is 0 Å². The van der Waals surface area contributed by atoms with Crippen LogP contribution in [-0.2, 0) is 4.79 Å². The van der Waals surface area contributed by atoms with Gasteiger partial charge in [-0.05, 0) is 44.0 Å². The van der Waals surface area contributed by atoms with Gasteiger partial charge in [0, 0.05) is 36.8 Å². The Morgan fingerprint density at radius 3 is 2.79 bits per heavy atom. The van der Waals surface area contributed by atoms with Gasteiger partial charge < -0.3 is 4.90 Å². The summed E-state index contributed by atoms with van der Waals surface area (Å²) in [4.78, 5) is 17.3. The third-order valence-electron chi connectivity index (χ3n) is 5.29. The van der Waals surface area contributed by atoms with Crippen molar-refractivity contribution in [1.82, 2.24) is 9.80 Å². The van der Waals surface area contributed by atoms with Gasteiger partial charge in [0.1, 0.15) is 0 Å². The van der Waals surface area contributed by atoms with Gasteiger partial charge in [0.05, 0.1) is 0 Å². The lowest BCUT2D eigenvalue weighted by Crippen LogP contribution is -2.40. The van der Waals surface area contributed by atoms with Crippen LogP contribution in [0.15, 0.2) is 48.2 Å². The third-order valence-corrected chi connectivity index (χ3v) is 5.29. The number of rotatable bonds is 6. The monoisotopic (exact) mass is 324 g/mol. The van der Waals surface area contributed by atoms with Gasteiger partial charge in [-0.2, -0.15) is 0 Å². The maximum atomic E-state index is 12.8. The fraction of sp³-hybridized carbons (Fsp3) is 0.476. The Hall–Kier alpha value is -1.87. The van der Waals surface area contributed by atoms with Crippen LogP contribution in [0.2, 0.25) is 0 Å². The number of unbranched alkanes of at least 4 members (excludes halogenated alkanes) is 1. The number of carbonyl (C=O) groups excluding carboxylic acids is 1.